The molecule has 3 aliphatic rings. The van der Waals surface area contributed by atoms with Gasteiger partial charge in [-0.1, -0.05) is 30.3 Å². The van der Waals surface area contributed by atoms with Gasteiger partial charge < -0.3 is 14.6 Å². The lowest BCUT2D eigenvalue weighted by Crippen LogP contribution is -2.46. The number of hydrogen-bond donors (Lipinski definition) is 1. The molecule has 31 heavy (non-hydrogen) atoms. The zero-order valence-electron chi connectivity index (χ0n) is 18.4. The molecule has 6 rings (SSSR count). The lowest BCUT2D eigenvalue weighted by molar-refractivity contribution is -0.137. The number of nitrogens with zero attached hydrogens (tertiary/aromatic N) is 3. The van der Waals surface area contributed by atoms with Crippen LogP contribution in [0.3, 0.4) is 0 Å². The summed E-state index contributed by atoms with van der Waals surface area (Å²) < 4.78 is 8.40. The van der Waals surface area contributed by atoms with Crippen LogP contribution in [0.4, 0.5) is 5.69 Å². The third-order valence-electron chi connectivity index (χ3n) is 7.54. The highest BCUT2D eigenvalue weighted by Gasteiger charge is 2.44. The van der Waals surface area contributed by atoms with Gasteiger partial charge in [0.1, 0.15) is 5.82 Å². The molecular formula is C26H32N4O. The van der Waals surface area contributed by atoms with Crippen molar-refractivity contribution >= 4 is 16.7 Å². The molecule has 0 bridgehead atoms. The molecule has 2 atom stereocenters. The number of hydrogen-bond acceptors (Lipinski definition) is 4. The maximum Gasteiger partial charge on any atom is 0.114 e. The summed E-state index contributed by atoms with van der Waals surface area (Å²) >= 11 is 0. The molecule has 3 aliphatic heterocycles. The molecule has 2 saturated heterocycles. The quantitative estimate of drug-likeness (QED) is 0.676. The number of likely N-dealkylation sites (tertiary alicyclic amines) is 1. The Balaban J connectivity index is 1.32. The van der Waals surface area contributed by atoms with Crippen molar-refractivity contribution in [3.63, 3.8) is 0 Å². The topological polar surface area (TPSA) is 42.3 Å². The van der Waals surface area contributed by atoms with Gasteiger partial charge in [0, 0.05) is 56.3 Å². The third kappa shape index (κ3) is 3.54. The number of rotatable bonds is 5. The van der Waals surface area contributed by atoms with Crippen molar-refractivity contribution in [2.45, 2.75) is 57.2 Å². The average molecular weight is 417 g/mol. The van der Waals surface area contributed by atoms with Crippen molar-refractivity contribution in [3.05, 3.63) is 59.4 Å². The Morgan fingerprint density at radius 3 is 2.77 bits per heavy atom. The summed E-state index contributed by atoms with van der Waals surface area (Å²) in [6.07, 6.45) is 5.57. The summed E-state index contributed by atoms with van der Waals surface area (Å²) in [6.45, 7) is 7.49. The van der Waals surface area contributed by atoms with E-state index in [-0.39, 0.29) is 5.60 Å². The molecule has 5 nitrogen and oxygen atoms in total. The van der Waals surface area contributed by atoms with Crippen LogP contribution >= 0.6 is 0 Å². The molecule has 0 aliphatic carbocycles. The maximum atomic E-state index is 5.92. The summed E-state index contributed by atoms with van der Waals surface area (Å²) in [7, 11) is 0. The highest BCUT2D eigenvalue weighted by atomic mass is 16.5. The van der Waals surface area contributed by atoms with Crippen molar-refractivity contribution in [2.75, 3.05) is 31.6 Å². The summed E-state index contributed by atoms with van der Waals surface area (Å²) in [4.78, 5) is 7.81. The Morgan fingerprint density at radius 1 is 1.13 bits per heavy atom. The Labute approximate surface area is 184 Å². The molecule has 0 radical (unpaired) electrons. The minimum Gasteiger partial charge on any atom is -0.382 e. The van der Waals surface area contributed by atoms with Crippen LogP contribution in [0.25, 0.3) is 11.0 Å². The fourth-order valence-corrected chi connectivity index (χ4v) is 5.62. The van der Waals surface area contributed by atoms with Crippen LogP contribution < -0.4 is 5.32 Å². The summed E-state index contributed by atoms with van der Waals surface area (Å²) in [5.74, 6) is 1.18. The van der Waals surface area contributed by atoms with Crippen LogP contribution in [0.2, 0.25) is 0 Å². The van der Waals surface area contributed by atoms with Gasteiger partial charge in [-0.15, -0.1) is 0 Å². The highest BCUT2D eigenvalue weighted by molar-refractivity contribution is 5.86. The second-order valence-corrected chi connectivity index (χ2v) is 9.69. The van der Waals surface area contributed by atoms with E-state index in [1.54, 1.807) is 0 Å². The number of fused-ring (bicyclic) bond motifs is 3. The zero-order valence-corrected chi connectivity index (χ0v) is 18.4. The summed E-state index contributed by atoms with van der Waals surface area (Å²) in [6, 6.07) is 15.8. The van der Waals surface area contributed by atoms with E-state index in [4.69, 9.17) is 9.72 Å². The van der Waals surface area contributed by atoms with E-state index in [0.717, 1.165) is 45.6 Å². The summed E-state index contributed by atoms with van der Waals surface area (Å²) in [5.41, 5.74) is 6.64. The standard InChI is InChI=1S/C26H32N4O/c1-19-7-8-21-22(27-19)9-10-23-25(21)28-24(17-20-5-3-2-4-6-20)30(23)15-14-29-13-11-26(18-29)12-16-31-26/h2-6,9-10,19,27H,7-8,11-18H2,1H3/t19-,26+/m0/s1. The van der Waals surface area contributed by atoms with Crippen LogP contribution in [0.1, 0.15) is 43.1 Å². The molecule has 0 amide bonds. The van der Waals surface area contributed by atoms with E-state index in [2.05, 4.69) is 64.2 Å². The number of aromatic nitrogens is 2. The van der Waals surface area contributed by atoms with Gasteiger partial charge in [0.2, 0.25) is 0 Å². The van der Waals surface area contributed by atoms with Crippen LogP contribution in [0.15, 0.2) is 42.5 Å². The van der Waals surface area contributed by atoms with Crippen molar-refractivity contribution in [1.82, 2.24) is 14.5 Å². The fourth-order valence-electron chi connectivity index (χ4n) is 5.62. The zero-order chi connectivity index (χ0) is 20.8. The van der Waals surface area contributed by atoms with Gasteiger partial charge in [-0.05, 0) is 43.9 Å². The second-order valence-electron chi connectivity index (χ2n) is 9.69. The van der Waals surface area contributed by atoms with Crippen molar-refractivity contribution in [3.8, 4) is 0 Å². The van der Waals surface area contributed by atoms with Crippen LogP contribution in [-0.2, 0) is 24.1 Å². The van der Waals surface area contributed by atoms with E-state index >= 15 is 0 Å². The van der Waals surface area contributed by atoms with E-state index in [9.17, 15) is 0 Å². The van der Waals surface area contributed by atoms with Gasteiger partial charge in [-0.2, -0.15) is 0 Å². The monoisotopic (exact) mass is 416 g/mol. The number of nitrogens with one attached hydrogen (secondary N) is 1. The first-order valence-corrected chi connectivity index (χ1v) is 11.9. The van der Waals surface area contributed by atoms with Gasteiger partial charge in [-0.3, -0.25) is 4.90 Å². The first kappa shape index (κ1) is 19.3. The normalized spacial score (nSPS) is 25.5. The van der Waals surface area contributed by atoms with E-state index in [1.807, 2.05) is 0 Å². The molecule has 3 aromatic rings. The minimum absolute atomic E-state index is 0.172. The lowest BCUT2D eigenvalue weighted by atomic mass is 9.94. The maximum absolute atomic E-state index is 5.92. The molecule has 4 heterocycles. The molecular weight excluding hydrogens is 384 g/mol. The Morgan fingerprint density at radius 2 is 2.00 bits per heavy atom. The van der Waals surface area contributed by atoms with Crippen molar-refractivity contribution < 1.29 is 4.74 Å². The smallest absolute Gasteiger partial charge is 0.114 e. The molecule has 1 spiro atoms. The fraction of sp³-hybridized carbons (Fsp3) is 0.500. The van der Waals surface area contributed by atoms with E-state index in [0.29, 0.717) is 6.04 Å². The predicted octanol–water partition coefficient (Wildman–Crippen LogP) is 4.24. The number of benzene rings is 2. The van der Waals surface area contributed by atoms with Crippen LogP contribution in [0, 0.1) is 0 Å². The first-order chi connectivity index (χ1) is 15.2. The molecule has 1 aromatic heterocycles. The third-order valence-corrected chi connectivity index (χ3v) is 7.54. The molecule has 0 unspecified atom stereocenters. The minimum atomic E-state index is 0.172. The Hall–Kier alpha value is -2.37. The number of imidazole rings is 1. The lowest BCUT2D eigenvalue weighted by Gasteiger charge is -2.38. The van der Waals surface area contributed by atoms with E-state index in [1.165, 1.54) is 52.9 Å². The molecule has 2 aromatic carbocycles. The number of ether oxygens (including phenoxy) is 1. The Bertz CT molecular complexity index is 1090. The SMILES string of the molecule is C[C@H]1CCc2c(ccc3c2nc(Cc2ccccc2)n3CCN2CC[C@@]3(CCO3)C2)N1. The highest BCUT2D eigenvalue weighted by Crippen LogP contribution is 2.36. The number of anilines is 1. The van der Waals surface area contributed by atoms with Gasteiger partial charge in [-0.25, -0.2) is 4.98 Å². The molecule has 0 saturated carbocycles. The van der Waals surface area contributed by atoms with Gasteiger partial charge in [0.05, 0.1) is 23.2 Å². The molecule has 2 fully saturated rings. The Kier molecular flexibility index (Phi) is 4.77. The average Bonchev–Trinajstić information content (AvgIpc) is 3.34. The molecule has 1 N–H and O–H groups in total. The molecule has 162 valence electrons. The van der Waals surface area contributed by atoms with Gasteiger partial charge >= 0.3 is 0 Å². The van der Waals surface area contributed by atoms with Gasteiger partial charge in [0.25, 0.3) is 0 Å². The van der Waals surface area contributed by atoms with E-state index < -0.39 is 0 Å². The van der Waals surface area contributed by atoms with Crippen LogP contribution in [0.5, 0.6) is 0 Å². The van der Waals surface area contributed by atoms with Gasteiger partial charge in [0.15, 0.2) is 0 Å². The first-order valence-electron chi connectivity index (χ1n) is 11.9. The largest absolute Gasteiger partial charge is 0.382 e. The van der Waals surface area contributed by atoms with Crippen LogP contribution in [-0.4, -0.2) is 52.3 Å². The van der Waals surface area contributed by atoms with Crippen molar-refractivity contribution in [1.29, 1.82) is 0 Å². The summed E-state index contributed by atoms with van der Waals surface area (Å²) in [5, 5.41) is 3.66. The number of aryl methyl sites for hydroxylation is 1. The van der Waals surface area contributed by atoms with Crippen molar-refractivity contribution in [2.24, 2.45) is 0 Å². The molecule has 5 heteroatoms. The second kappa shape index (κ2) is 7.64. The predicted molar refractivity (Wildman–Crippen MR) is 125 cm³/mol.